The number of alkyl carbamates (subject to hydrolysis) is 1. The minimum atomic E-state index is -0.531. The first-order valence-electron chi connectivity index (χ1n) is 6.28. The number of hydrogen-bond acceptors (Lipinski definition) is 4. The van der Waals surface area contributed by atoms with Crippen molar-refractivity contribution in [1.82, 2.24) is 5.32 Å². The van der Waals surface area contributed by atoms with Gasteiger partial charge >= 0.3 is 6.09 Å². The topological polar surface area (TPSA) is 84.6 Å². The molecule has 1 aromatic rings. The zero-order chi connectivity index (χ0) is 14.5. The molecule has 1 unspecified atom stereocenters. The zero-order valence-corrected chi connectivity index (χ0v) is 11.6. The summed E-state index contributed by atoms with van der Waals surface area (Å²) in [6.07, 6.45) is -0.485. The van der Waals surface area contributed by atoms with Crippen LogP contribution >= 0.6 is 0 Å². The number of carbonyl (C=O) groups excluding carboxylic acids is 1. The van der Waals surface area contributed by atoms with Gasteiger partial charge in [-0.25, -0.2) is 4.79 Å². The van der Waals surface area contributed by atoms with E-state index in [1.807, 2.05) is 6.07 Å². The summed E-state index contributed by atoms with van der Waals surface area (Å²) in [6.45, 7) is 6.05. The normalized spacial score (nSPS) is 12.8. The highest BCUT2D eigenvalue weighted by molar-refractivity contribution is 5.67. The lowest BCUT2D eigenvalue weighted by atomic mass is 9.98. The first-order chi connectivity index (χ1) is 8.83. The van der Waals surface area contributed by atoms with E-state index in [1.54, 1.807) is 39.0 Å². The second-order valence-electron chi connectivity index (χ2n) is 5.37. The first kappa shape index (κ1) is 15.3. The molecular weight excluding hydrogens is 244 g/mol. The molecule has 0 aliphatic heterocycles. The Bertz CT molecular complexity index is 427. The molecule has 0 fully saturated rings. The SMILES string of the molecule is CC(C)(C)OC(=O)NCC(CN)c1ccccc1O. The fourth-order valence-electron chi connectivity index (χ4n) is 1.67. The molecule has 1 atom stereocenters. The van der Waals surface area contributed by atoms with Crippen LogP contribution in [0.15, 0.2) is 24.3 Å². The van der Waals surface area contributed by atoms with Gasteiger partial charge in [-0.3, -0.25) is 0 Å². The molecule has 5 heteroatoms. The zero-order valence-electron chi connectivity index (χ0n) is 11.6. The van der Waals surface area contributed by atoms with Gasteiger partial charge in [-0.2, -0.15) is 0 Å². The summed E-state index contributed by atoms with van der Waals surface area (Å²) in [5.74, 6) is 0.0395. The number of rotatable bonds is 4. The predicted octanol–water partition coefficient (Wildman–Crippen LogP) is 1.96. The van der Waals surface area contributed by atoms with Crippen molar-refractivity contribution in [3.63, 3.8) is 0 Å². The Balaban J connectivity index is 2.59. The van der Waals surface area contributed by atoms with Crippen LogP contribution in [0.2, 0.25) is 0 Å². The molecule has 0 saturated carbocycles. The van der Waals surface area contributed by atoms with Crippen LogP contribution in [0.3, 0.4) is 0 Å². The second kappa shape index (κ2) is 6.43. The van der Waals surface area contributed by atoms with E-state index in [9.17, 15) is 9.90 Å². The van der Waals surface area contributed by atoms with Crippen LogP contribution in [-0.4, -0.2) is 29.9 Å². The monoisotopic (exact) mass is 266 g/mol. The van der Waals surface area contributed by atoms with E-state index < -0.39 is 11.7 Å². The Labute approximate surface area is 113 Å². The maximum absolute atomic E-state index is 11.6. The van der Waals surface area contributed by atoms with Gasteiger partial charge in [0, 0.05) is 19.0 Å². The number of phenolic OH excluding ortho intramolecular Hbond substituents is 1. The van der Waals surface area contributed by atoms with E-state index in [0.717, 1.165) is 5.56 Å². The minimum Gasteiger partial charge on any atom is -0.508 e. The van der Waals surface area contributed by atoms with Crippen molar-refractivity contribution in [3.05, 3.63) is 29.8 Å². The standard InChI is InChI=1S/C14H22N2O3/c1-14(2,3)19-13(18)16-9-10(8-15)11-6-4-5-7-12(11)17/h4-7,10,17H,8-9,15H2,1-3H3,(H,16,18). The largest absolute Gasteiger partial charge is 0.508 e. The van der Waals surface area contributed by atoms with E-state index in [4.69, 9.17) is 10.5 Å². The predicted molar refractivity (Wildman–Crippen MR) is 74.1 cm³/mol. The number of nitrogens with one attached hydrogen (secondary N) is 1. The van der Waals surface area contributed by atoms with Crippen molar-refractivity contribution in [2.75, 3.05) is 13.1 Å². The fraction of sp³-hybridized carbons (Fsp3) is 0.500. The average Bonchev–Trinajstić information content (AvgIpc) is 2.29. The van der Waals surface area contributed by atoms with Gasteiger partial charge in [0.05, 0.1) is 0 Å². The molecule has 0 radical (unpaired) electrons. The number of ether oxygens (including phenoxy) is 1. The molecule has 0 aliphatic rings. The third-order valence-electron chi connectivity index (χ3n) is 2.55. The molecule has 106 valence electrons. The van der Waals surface area contributed by atoms with Crippen molar-refractivity contribution in [1.29, 1.82) is 0 Å². The summed E-state index contributed by atoms with van der Waals surface area (Å²) in [7, 11) is 0. The van der Waals surface area contributed by atoms with Crippen molar-refractivity contribution in [2.45, 2.75) is 32.3 Å². The lowest BCUT2D eigenvalue weighted by molar-refractivity contribution is 0.0524. The molecule has 0 bridgehead atoms. The quantitative estimate of drug-likeness (QED) is 0.777. The van der Waals surface area contributed by atoms with Gasteiger partial charge in [0.15, 0.2) is 0 Å². The van der Waals surface area contributed by atoms with E-state index in [1.165, 1.54) is 0 Å². The van der Waals surface area contributed by atoms with E-state index in [2.05, 4.69) is 5.32 Å². The van der Waals surface area contributed by atoms with Crippen LogP contribution in [0.5, 0.6) is 5.75 Å². The molecule has 0 saturated heterocycles. The Morgan fingerprint density at radius 3 is 2.58 bits per heavy atom. The number of aromatic hydroxyl groups is 1. The molecule has 0 heterocycles. The summed E-state index contributed by atoms with van der Waals surface area (Å²) >= 11 is 0. The van der Waals surface area contributed by atoms with E-state index in [-0.39, 0.29) is 11.7 Å². The third kappa shape index (κ3) is 5.18. The summed E-state index contributed by atoms with van der Waals surface area (Å²) in [5.41, 5.74) is 5.88. The number of carbonyl (C=O) groups is 1. The van der Waals surface area contributed by atoms with Crippen LogP contribution in [0, 0.1) is 0 Å². The summed E-state index contributed by atoms with van der Waals surface area (Å²) in [5, 5.41) is 12.4. The van der Waals surface area contributed by atoms with Crippen molar-refractivity contribution >= 4 is 6.09 Å². The smallest absolute Gasteiger partial charge is 0.407 e. The molecule has 4 N–H and O–H groups in total. The molecular formula is C14H22N2O3. The minimum absolute atomic E-state index is 0.145. The van der Waals surface area contributed by atoms with Crippen molar-refractivity contribution in [3.8, 4) is 5.75 Å². The number of amides is 1. The van der Waals surface area contributed by atoms with E-state index in [0.29, 0.717) is 13.1 Å². The van der Waals surface area contributed by atoms with E-state index >= 15 is 0 Å². The second-order valence-corrected chi connectivity index (χ2v) is 5.37. The highest BCUT2D eigenvalue weighted by atomic mass is 16.6. The van der Waals surface area contributed by atoms with Crippen LogP contribution in [0.4, 0.5) is 4.79 Å². The Hall–Kier alpha value is -1.75. The van der Waals surface area contributed by atoms with Crippen LogP contribution in [0.1, 0.15) is 32.3 Å². The Morgan fingerprint density at radius 1 is 1.42 bits per heavy atom. The maximum atomic E-state index is 11.6. The van der Waals surface area contributed by atoms with Crippen LogP contribution < -0.4 is 11.1 Å². The number of nitrogens with two attached hydrogens (primary N) is 1. The molecule has 1 rings (SSSR count). The molecule has 0 aliphatic carbocycles. The summed E-state index contributed by atoms with van der Waals surface area (Å²) in [4.78, 5) is 11.6. The molecule has 19 heavy (non-hydrogen) atoms. The number of para-hydroxylation sites is 1. The maximum Gasteiger partial charge on any atom is 0.407 e. The Kier molecular flexibility index (Phi) is 5.18. The first-order valence-corrected chi connectivity index (χ1v) is 6.28. The number of hydrogen-bond donors (Lipinski definition) is 3. The van der Waals surface area contributed by atoms with Crippen LogP contribution in [-0.2, 0) is 4.74 Å². The lowest BCUT2D eigenvalue weighted by Gasteiger charge is -2.22. The molecule has 1 amide bonds. The van der Waals surface area contributed by atoms with Gasteiger partial charge in [0.25, 0.3) is 0 Å². The third-order valence-corrected chi connectivity index (χ3v) is 2.55. The van der Waals surface area contributed by atoms with Gasteiger partial charge in [-0.05, 0) is 32.4 Å². The average molecular weight is 266 g/mol. The van der Waals surface area contributed by atoms with Gasteiger partial charge in [-0.1, -0.05) is 18.2 Å². The lowest BCUT2D eigenvalue weighted by Crippen LogP contribution is -2.36. The fourth-order valence-corrected chi connectivity index (χ4v) is 1.67. The van der Waals surface area contributed by atoms with Crippen molar-refractivity contribution in [2.24, 2.45) is 5.73 Å². The van der Waals surface area contributed by atoms with Crippen molar-refractivity contribution < 1.29 is 14.6 Å². The van der Waals surface area contributed by atoms with Gasteiger partial charge in [0.2, 0.25) is 0 Å². The number of benzene rings is 1. The molecule has 0 spiro atoms. The van der Waals surface area contributed by atoms with Gasteiger partial charge < -0.3 is 20.9 Å². The van der Waals surface area contributed by atoms with Gasteiger partial charge in [0.1, 0.15) is 11.4 Å². The molecule has 5 nitrogen and oxygen atoms in total. The highest BCUT2D eigenvalue weighted by Gasteiger charge is 2.18. The number of phenols is 1. The molecule has 0 aromatic heterocycles. The van der Waals surface area contributed by atoms with Gasteiger partial charge in [-0.15, -0.1) is 0 Å². The Morgan fingerprint density at radius 2 is 2.05 bits per heavy atom. The summed E-state index contributed by atoms with van der Waals surface area (Å²) in [6, 6.07) is 6.97. The highest BCUT2D eigenvalue weighted by Crippen LogP contribution is 2.24. The summed E-state index contributed by atoms with van der Waals surface area (Å²) < 4.78 is 5.15. The van der Waals surface area contributed by atoms with Crippen LogP contribution in [0.25, 0.3) is 0 Å². The molecule has 1 aromatic carbocycles.